The molecular formula is C15H23N5O6. The van der Waals surface area contributed by atoms with Crippen LogP contribution in [0.3, 0.4) is 0 Å². The summed E-state index contributed by atoms with van der Waals surface area (Å²) in [6, 6.07) is 0. The lowest BCUT2D eigenvalue weighted by molar-refractivity contribution is -0.141. The summed E-state index contributed by atoms with van der Waals surface area (Å²) < 4.78 is 14.5. The quantitative estimate of drug-likeness (QED) is 0.382. The van der Waals surface area contributed by atoms with Gasteiger partial charge in [0.2, 0.25) is 5.95 Å². The number of esters is 3. The van der Waals surface area contributed by atoms with Gasteiger partial charge in [-0.1, -0.05) is 0 Å². The predicted octanol–water partition coefficient (Wildman–Crippen LogP) is 0.186. The Morgan fingerprint density at radius 3 is 1.96 bits per heavy atom. The highest BCUT2D eigenvalue weighted by atomic mass is 16.5. The molecule has 0 fully saturated rings. The number of nitrogens with zero attached hydrogens (tertiary/aromatic N) is 2. The van der Waals surface area contributed by atoms with E-state index >= 15 is 0 Å². The first kappa shape index (κ1) is 20.9. The maximum Gasteiger partial charge on any atom is 0.359 e. The molecule has 1 aromatic heterocycles. The number of nitrogens with two attached hydrogens (primary N) is 1. The van der Waals surface area contributed by atoms with Gasteiger partial charge in [0, 0.05) is 0 Å². The maximum absolute atomic E-state index is 12.0. The van der Waals surface area contributed by atoms with Crippen LogP contribution in [0.5, 0.6) is 0 Å². The third kappa shape index (κ3) is 6.42. The predicted molar refractivity (Wildman–Crippen MR) is 92.6 cm³/mol. The van der Waals surface area contributed by atoms with Crippen LogP contribution in [0.25, 0.3) is 0 Å². The number of nitrogens with one attached hydrogen (secondary N) is 2. The lowest BCUT2D eigenvalue weighted by Crippen LogP contribution is -2.23. The highest BCUT2D eigenvalue weighted by Gasteiger charge is 2.20. The van der Waals surface area contributed by atoms with E-state index in [-0.39, 0.29) is 56.1 Å². The largest absolute Gasteiger partial charge is 0.465 e. The first-order valence-electron chi connectivity index (χ1n) is 8.06. The van der Waals surface area contributed by atoms with Gasteiger partial charge in [-0.15, -0.1) is 0 Å². The molecule has 0 unspecified atom stereocenters. The third-order valence-electron chi connectivity index (χ3n) is 2.82. The van der Waals surface area contributed by atoms with Gasteiger partial charge in [-0.25, -0.2) is 9.78 Å². The van der Waals surface area contributed by atoms with Crippen LogP contribution in [-0.2, 0) is 23.8 Å². The molecule has 0 spiro atoms. The van der Waals surface area contributed by atoms with Crippen molar-refractivity contribution >= 4 is 35.4 Å². The Morgan fingerprint density at radius 1 is 0.885 bits per heavy atom. The lowest BCUT2D eigenvalue weighted by Gasteiger charge is -2.13. The van der Waals surface area contributed by atoms with Gasteiger partial charge in [0.25, 0.3) is 0 Å². The molecule has 0 saturated carbocycles. The van der Waals surface area contributed by atoms with E-state index in [2.05, 4.69) is 20.6 Å². The van der Waals surface area contributed by atoms with E-state index in [0.29, 0.717) is 0 Å². The fourth-order valence-corrected chi connectivity index (χ4v) is 1.77. The van der Waals surface area contributed by atoms with E-state index in [4.69, 9.17) is 19.9 Å². The molecule has 0 aliphatic carbocycles. The summed E-state index contributed by atoms with van der Waals surface area (Å²) in [5.74, 6) is -1.83. The second-order valence-electron chi connectivity index (χ2n) is 4.70. The number of hydrogen-bond acceptors (Lipinski definition) is 11. The summed E-state index contributed by atoms with van der Waals surface area (Å²) in [7, 11) is 0. The van der Waals surface area contributed by atoms with Gasteiger partial charge in [-0.2, -0.15) is 4.98 Å². The number of hydrogen-bond donors (Lipinski definition) is 3. The summed E-state index contributed by atoms with van der Waals surface area (Å²) in [6.07, 6.45) is 0. The molecule has 26 heavy (non-hydrogen) atoms. The van der Waals surface area contributed by atoms with E-state index in [1.807, 2.05) is 0 Å². The Morgan fingerprint density at radius 2 is 1.42 bits per heavy atom. The molecule has 0 bridgehead atoms. The lowest BCUT2D eigenvalue weighted by atomic mass is 10.3. The molecule has 0 atom stereocenters. The summed E-state index contributed by atoms with van der Waals surface area (Å²) >= 11 is 0. The van der Waals surface area contributed by atoms with Gasteiger partial charge < -0.3 is 30.6 Å². The standard InChI is InChI=1S/C15H23N5O6/c1-4-24-9(21)7-17-13-11(16)12(14(23)26-6-3)19-15(20-13)18-8-10(22)25-5-2/h4-8,16H2,1-3H3,(H2,17,18,19,20). The highest BCUT2D eigenvalue weighted by Crippen LogP contribution is 2.22. The maximum atomic E-state index is 12.0. The molecule has 0 aromatic carbocycles. The minimum absolute atomic E-state index is 0.0301. The zero-order valence-electron chi connectivity index (χ0n) is 15.0. The van der Waals surface area contributed by atoms with Gasteiger partial charge in [0.05, 0.1) is 19.8 Å². The first-order chi connectivity index (χ1) is 12.4. The molecule has 0 aliphatic heterocycles. The van der Waals surface area contributed by atoms with Crippen LogP contribution in [0.4, 0.5) is 17.5 Å². The molecule has 1 aromatic rings. The summed E-state index contributed by atoms with van der Waals surface area (Å²) in [5.41, 5.74) is 5.60. The normalized spacial score (nSPS) is 9.96. The average molecular weight is 369 g/mol. The monoisotopic (exact) mass is 369 g/mol. The Kier molecular flexibility index (Phi) is 8.61. The van der Waals surface area contributed by atoms with Gasteiger partial charge in [-0.05, 0) is 20.8 Å². The zero-order valence-corrected chi connectivity index (χ0v) is 15.0. The van der Waals surface area contributed by atoms with E-state index in [1.165, 1.54) is 0 Å². The summed E-state index contributed by atoms with van der Waals surface area (Å²) in [4.78, 5) is 43.0. The zero-order chi connectivity index (χ0) is 19.5. The minimum Gasteiger partial charge on any atom is -0.465 e. The fraction of sp³-hybridized carbons (Fsp3) is 0.533. The second-order valence-corrected chi connectivity index (χ2v) is 4.70. The van der Waals surface area contributed by atoms with Crippen molar-refractivity contribution in [3.63, 3.8) is 0 Å². The van der Waals surface area contributed by atoms with Crippen molar-refractivity contribution in [2.75, 3.05) is 49.3 Å². The van der Waals surface area contributed by atoms with Crippen molar-refractivity contribution in [3.05, 3.63) is 5.69 Å². The number of aromatic nitrogens is 2. The molecule has 144 valence electrons. The molecule has 0 amide bonds. The average Bonchev–Trinajstić information content (AvgIpc) is 2.60. The molecule has 11 nitrogen and oxygen atoms in total. The molecule has 0 saturated heterocycles. The van der Waals surface area contributed by atoms with E-state index < -0.39 is 17.9 Å². The second kappa shape index (κ2) is 10.7. The Bertz CT molecular complexity index is 652. The number of rotatable bonds is 10. The van der Waals surface area contributed by atoms with E-state index in [9.17, 15) is 14.4 Å². The van der Waals surface area contributed by atoms with Crippen LogP contribution in [0.2, 0.25) is 0 Å². The van der Waals surface area contributed by atoms with Gasteiger partial charge in [0.15, 0.2) is 11.5 Å². The van der Waals surface area contributed by atoms with Crippen molar-refractivity contribution in [3.8, 4) is 0 Å². The molecule has 0 radical (unpaired) electrons. The van der Waals surface area contributed by atoms with Crippen LogP contribution in [0.1, 0.15) is 31.3 Å². The molecule has 1 heterocycles. The van der Waals surface area contributed by atoms with Gasteiger partial charge in [-0.3, -0.25) is 9.59 Å². The fourth-order valence-electron chi connectivity index (χ4n) is 1.77. The van der Waals surface area contributed by atoms with Crippen LogP contribution >= 0.6 is 0 Å². The van der Waals surface area contributed by atoms with Crippen molar-refractivity contribution in [1.82, 2.24) is 9.97 Å². The number of nitrogen functional groups attached to an aromatic ring is 1. The number of carbonyl (C=O) groups is 3. The van der Waals surface area contributed by atoms with E-state index in [0.717, 1.165) is 0 Å². The van der Waals surface area contributed by atoms with Crippen molar-refractivity contribution in [2.24, 2.45) is 0 Å². The smallest absolute Gasteiger partial charge is 0.359 e. The summed E-state index contributed by atoms with van der Waals surface area (Å²) in [5, 5.41) is 5.30. The molecule has 0 aliphatic rings. The topological polar surface area (TPSA) is 155 Å². The Labute approximate surface area is 150 Å². The Balaban J connectivity index is 3.03. The third-order valence-corrected chi connectivity index (χ3v) is 2.82. The highest BCUT2D eigenvalue weighted by molar-refractivity contribution is 5.96. The van der Waals surface area contributed by atoms with Crippen LogP contribution in [0, 0.1) is 0 Å². The first-order valence-corrected chi connectivity index (χ1v) is 8.06. The van der Waals surface area contributed by atoms with Crippen molar-refractivity contribution in [2.45, 2.75) is 20.8 Å². The van der Waals surface area contributed by atoms with Crippen molar-refractivity contribution < 1.29 is 28.6 Å². The molecular weight excluding hydrogens is 346 g/mol. The van der Waals surface area contributed by atoms with E-state index in [1.54, 1.807) is 20.8 Å². The number of ether oxygens (including phenoxy) is 3. The van der Waals surface area contributed by atoms with Gasteiger partial charge >= 0.3 is 17.9 Å². The summed E-state index contributed by atoms with van der Waals surface area (Å²) in [6.45, 7) is 5.13. The minimum atomic E-state index is -0.759. The SMILES string of the molecule is CCOC(=O)CNc1nc(NCC(=O)OCC)c(N)c(C(=O)OCC)n1. The van der Waals surface area contributed by atoms with Crippen LogP contribution in [-0.4, -0.2) is 60.8 Å². The van der Waals surface area contributed by atoms with Gasteiger partial charge in [0.1, 0.15) is 18.8 Å². The van der Waals surface area contributed by atoms with Crippen molar-refractivity contribution in [1.29, 1.82) is 0 Å². The Hall–Kier alpha value is -3.11. The molecule has 11 heteroatoms. The molecule has 4 N–H and O–H groups in total. The van der Waals surface area contributed by atoms with Crippen LogP contribution in [0.15, 0.2) is 0 Å². The van der Waals surface area contributed by atoms with Crippen LogP contribution < -0.4 is 16.4 Å². The number of carbonyl (C=O) groups excluding carboxylic acids is 3. The number of anilines is 3. The molecule has 1 rings (SSSR count).